The minimum atomic E-state index is -5.18. The molecule has 0 N–H and O–H groups in total. The number of halogens is 11. The topological polar surface area (TPSA) is 87.5 Å². The highest BCUT2D eigenvalue weighted by Gasteiger charge is 2.45. The van der Waals surface area contributed by atoms with Crippen molar-refractivity contribution in [1.29, 1.82) is 0 Å². The summed E-state index contributed by atoms with van der Waals surface area (Å²) in [6.07, 6.45) is -14.6. The lowest BCUT2D eigenvalue weighted by molar-refractivity contribution is -0.149. The van der Waals surface area contributed by atoms with E-state index in [0.717, 1.165) is 24.1 Å². The summed E-state index contributed by atoms with van der Waals surface area (Å²) in [6, 6.07) is 0.771. The molecule has 2 aromatic carbocycles. The molecule has 2 aliphatic rings. The average Bonchev–Trinajstić information content (AvgIpc) is 3.73. The Kier molecular flexibility index (Phi) is 9.78. The van der Waals surface area contributed by atoms with Gasteiger partial charge in [-0.2, -0.15) is 39.5 Å². The van der Waals surface area contributed by atoms with Crippen molar-refractivity contribution in [3.05, 3.63) is 70.5 Å². The Morgan fingerprint density at radius 2 is 1.38 bits per heavy atom. The van der Waals surface area contributed by atoms with Crippen molar-refractivity contribution in [3.8, 4) is 0 Å². The van der Waals surface area contributed by atoms with E-state index in [1.807, 2.05) is 0 Å². The van der Waals surface area contributed by atoms with E-state index in [0.29, 0.717) is 21.7 Å². The van der Waals surface area contributed by atoms with E-state index in [9.17, 15) is 57.9 Å². The van der Waals surface area contributed by atoms with Crippen molar-refractivity contribution in [2.24, 2.45) is 5.92 Å². The number of likely N-dealkylation sites (tertiary alicyclic amines) is 1. The monoisotopic (exact) mass is 727 g/mol. The van der Waals surface area contributed by atoms with E-state index in [4.69, 9.17) is 0 Å². The van der Waals surface area contributed by atoms with E-state index in [1.54, 1.807) is 0 Å². The number of nitrogens with zero attached hydrogens (tertiary/aromatic N) is 7. The lowest BCUT2D eigenvalue weighted by Crippen LogP contribution is -2.48. The number of benzene rings is 2. The number of amides is 3. The summed E-state index contributed by atoms with van der Waals surface area (Å²) in [5.41, 5.74) is -3.86. The second kappa shape index (κ2) is 13.3. The Hall–Kier alpha value is -4.52. The summed E-state index contributed by atoms with van der Waals surface area (Å²) in [5, 5.41) is 9.61. The Bertz CT molecular complexity index is 1700. The average molecular weight is 728 g/mol. The molecule has 2 heterocycles. The Morgan fingerprint density at radius 3 is 1.92 bits per heavy atom. The third-order valence-electron chi connectivity index (χ3n) is 9.16. The standard InChI is InChI=1S/C30H28F11N7O2/c1-45(20-11-17(28(33,34)35)10-18(12-20)29(36,37)38)27(50)46(2)24-14-47(13-21(24)16-5-8-22(31)23(32)9-16)25(49)15-3-6-19(7-4-15)48-26(30(39,40)41)42-43-44-48/h5,8-12,15,19,21,24H,3-4,6-7,13-14H2,1-2H3/t15-,19-,21-,24+/m0/s1. The lowest BCUT2D eigenvalue weighted by Gasteiger charge is -2.33. The van der Waals surface area contributed by atoms with E-state index < -0.39 is 88.7 Å². The molecule has 272 valence electrons. The van der Waals surface area contributed by atoms with Crippen LogP contribution in [0.4, 0.5) is 58.8 Å². The van der Waals surface area contributed by atoms with Crippen LogP contribution in [0.1, 0.15) is 60.2 Å². The van der Waals surface area contributed by atoms with Crippen molar-refractivity contribution in [2.45, 2.75) is 62.2 Å². The molecular formula is C30H28F11N7O2. The van der Waals surface area contributed by atoms with Gasteiger partial charge >= 0.3 is 24.6 Å². The van der Waals surface area contributed by atoms with Gasteiger partial charge in [0.1, 0.15) is 0 Å². The van der Waals surface area contributed by atoms with Crippen LogP contribution < -0.4 is 4.90 Å². The third kappa shape index (κ3) is 7.47. The largest absolute Gasteiger partial charge is 0.453 e. The summed E-state index contributed by atoms with van der Waals surface area (Å²) in [4.78, 5) is 30.3. The zero-order chi connectivity index (χ0) is 36.9. The van der Waals surface area contributed by atoms with Crippen molar-refractivity contribution in [2.75, 3.05) is 32.1 Å². The van der Waals surface area contributed by atoms with Gasteiger partial charge in [-0.3, -0.25) is 9.69 Å². The highest BCUT2D eigenvalue weighted by Crippen LogP contribution is 2.41. The summed E-state index contributed by atoms with van der Waals surface area (Å²) in [6.45, 7) is -0.344. The number of alkyl halides is 9. The van der Waals surface area contributed by atoms with Gasteiger partial charge in [-0.05, 0) is 72.0 Å². The van der Waals surface area contributed by atoms with Crippen molar-refractivity contribution in [1.82, 2.24) is 30.0 Å². The number of anilines is 1. The van der Waals surface area contributed by atoms with Gasteiger partial charge in [0.25, 0.3) is 5.82 Å². The summed E-state index contributed by atoms with van der Waals surface area (Å²) in [7, 11) is 2.17. The van der Waals surface area contributed by atoms with Crippen LogP contribution >= 0.6 is 0 Å². The fourth-order valence-electron chi connectivity index (χ4n) is 6.50. The van der Waals surface area contributed by atoms with Crippen LogP contribution in [0.15, 0.2) is 36.4 Å². The van der Waals surface area contributed by atoms with E-state index in [1.165, 1.54) is 18.0 Å². The van der Waals surface area contributed by atoms with Crippen LogP contribution in [-0.4, -0.2) is 75.2 Å². The number of likely N-dealkylation sites (N-methyl/N-ethyl adjacent to an activating group) is 1. The van der Waals surface area contributed by atoms with Crippen molar-refractivity contribution >= 4 is 17.6 Å². The minimum Gasteiger partial charge on any atom is -0.340 e. The summed E-state index contributed by atoms with van der Waals surface area (Å²) >= 11 is 0. The number of urea groups is 1. The lowest BCUT2D eigenvalue weighted by atomic mass is 9.85. The first-order valence-corrected chi connectivity index (χ1v) is 15.1. The maximum Gasteiger partial charge on any atom is 0.453 e. The number of carbonyl (C=O) groups is 2. The first-order chi connectivity index (χ1) is 23.2. The van der Waals surface area contributed by atoms with Crippen LogP contribution in [0.2, 0.25) is 0 Å². The zero-order valence-electron chi connectivity index (χ0n) is 26.1. The molecule has 2 fully saturated rings. The first kappa shape index (κ1) is 36.8. The molecule has 0 bridgehead atoms. The zero-order valence-corrected chi connectivity index (χ0v) is 26.1. The van der Waals surface area contributed by atoms with Crippen LogP contribution in [0.25, 0.3) is 0 Å². The second-order valence-electron chi connectivity index (χ2n) is 12.3. The van der Waals surface area contributed by atoms with E-state index >= 15 is 0 Å². The van der Waals surface area contributed by atoms with Gasteiger partial charge in [-0.1, -0.05) is 6.07 Å². The third-order valence-corrected chi connectivity index (χ3v) is 9.16. The molecule has 1 saturated carbocycles. The maximum atomic E-state index is 14.3. The van der Waals surface area contributed by atoms with Crippen LogP contribution in [0.3, 0.4) is 0 Å². The smallest absolute Gasteiger partial charge is 0.340 e. The van der Waals surface area contributed by atoms with E-state index in [-0.39, 0.29) is 50.4 Å². The molecule has 1 aliphatic carbocycles. The van der Waals surface area contributed by atoms with Crippen LogP contribution in [0, 0.1) is 17.6 Å². The SMILES string of the molecule is CN(C(=O)N(C)[C@@H]1CN(C(=O)[C@H]2CC[C@H](n3nnnc3C(F)(F)F)CC2)C[C@H]1c1ccc(F)c(F)c1)c1cc(C(F)(F)F)cc(C(F)(F)F)c1. The first-order valence-electron chi connectivity index (χ1n) is 15.1. The molecule has 0 radical (unpaired) electrons. The fraction of sp³-hybridized carbons (Fsp3) is 0.500. The minimum absolute atomic E-state index is 0.0867. The Labute approximate surface area is 276 Å². The molecule has 3 amide bonds. The van der Waals surface area contributed by atoms with Gasteiger partial charge in [0.2, 0.25) is 5.91 Å². The molecule has 1 aliphatic heterocycles. The van der Waals surface area contributed by atoms with E-state index in [2.05, 4.69) is 15.5 Å². The summed E-state index contributed by atoms with van der Waals surface area (Å²) in [5.74, 6) is -5.68. The normalized spacial score (nSPS) is 21.7. The maximum absolute atomic E-state index is 14.3. The van der Waals surface area contributed by atoms with Crippen LogP contribution in [0.5, 0.6) is 0 Å². The number of tetrazole rings is 1. The Balaban J connectivity index is 1.38. The molecule has 9 nitrogen and oxygen atoms in total. The predicted molar refractivity (Wildman–Crippen MR) is 151 cm³/mol. The van der Waals surface area contributed by atoms with Crippen molar-refractivity contribution < 1.29 is 57.9 Å². The molecule has 50 heavy (non-hydrogen) atoms. The molecule has 2 atom stereocenters. The molecule has 20 heteroatoms. The Morgan fingerprint density at radius 1 is 0.780 bits per heavy atom. The molecular weight excluding hydrogens is 699 g/mol. The van der Waals surface area contributed by atoms with Gasteiger partial charge in [0.05, 0.1) is 23.2 Å². The number of rotatable bonds is 5. The number of hydrogen-bond acceptors (Lipinski definition) is 5. The predicted octanol–water partition coefficient (Wildman–Crippen LogP) is 6.92. The number of aromatic nitrogens is 4. The van der Waals surface area contributed by atoms with Gasteiger partial charge < -0.3 is 9.80 Å². The van der Waals surface area contributed by atoms with Gasteiger partial charge in [0.15, 0.2) is 11.6 Å². The van der Waals surface area contributed by atoms with Gasteiger partial charge in [-0.25, -0.2) is 18.3 Å². The quantitative estimate of drug-likeness (QED) is 0.267. The van der Waals surface area contributed by atoms with Crippen molar-refractivity contribution in [3.63, 3.8) is 0 Å². The fourth-order valence-corrected chi connectivity index (χ4v) is 6.50. The summed E-state index contributed by atoms with van der Waals surface area (Å²) < 4.78 is 150. The molecule has 0 unspecified atom stereocenters. The number of hydrogen-bond donors (Lipinski definition) is 0. The molecule has 5 rings (SSSR count). The number of carbonyl (C=O) groups excluding carboxylic acids is 2. The molecule has 0 spiro atoms. The molecule has 3 aromatic rings. The molecule has 1 aromatic heterocycles. The second-order valence-corrected chi connectivity index (χ2v) is 12.3. The molecule has 1 saturated heterocycles. The van der Waals surface area contributed by atoms with Gasteiger partial charge in [0, 0.05) is 44.7 Å². The highest BCUT2D eigenvalue weighted by molar-refractivity contribution is 5.92. The van der Waals surface area contributed by atoms with Gasteiger partial charge in [-0.15, -0.1) is 5.10 Å². The highest BCUT2D eigenvalue weighted by atomic mass is 19.4. The van der Waals surface area contributed by atoms with Crippen LogP contribution in [-0.2, 0) is 23.3 Å².